The Bertz CT molecular complexity index is 1570. The maximum absolute atomic E-state index is 14.0. The largest absolute Gasteiger partial charge is 0.495 e. The Kier molecular flexibility index (Phi) is 8.55. The van der Waals surface area contributed by atoms with E-state index in [4.69, 9.17) is 9.47 Å². The van der Waals surface area contributed by atoms with Crippen LogP contribution in [0, 0.1) is 0 Å². The van der Waals surface area contributed by atoms with Gasteiger partial charge >= 0.3 is 6.18 Å². The molecule has 1 saturated carbocycles. The monoisotopic (exact) mass is 628 g/mol. The zero-order valence-electron chi connectivity index (χ0n) is 25.0. The van der Waals surface area contributed by atoms with Gasteiger partial charge in [0.05, 0.1) is 31.7 Å². The number of ether oxygens (including phenoxy) is 2. The number of carbonyl (C=O) groups excluding carboxylic acids is 2. The zero-order chi connectivity index (χ0) is 31.7. The third kappa shape index (κ3) is 6.40. The van der Waals surface area contributed by atoms with Crippen molar-refractivity contribution in [2.24, 2.45) is 0 Å². The summed E-state index contributed by atoms with van der Waals surface area (Å²) in [5, 5.41) is 8.68. The van der Waals surface area contributed by atoms with Crippen LogP contribution in [0.1, 0.15) is 46.2 Å². The minimum Gasteiger partial charge on any atom is -0.495 e. The highest BCUT2D eigenvalue weighted by Gasteiger charge is 2.37. The summed E-state index contributed by atoms with van der Waals surface area (Å²) < 4.78 is 54.5. The minimum absolute atomic E-state index is 0.0763. The number of methoxy groups -OCH3 is 1. The Hall–Kier alpha value is -4.37. The standard InChI is InChI=1S/C30H35F3N8O4/c1-3-39-8-9-41-7-6-23(25(41)28(39)43)36-26-21(30(31,32)33)17-34-29(38-26)37-22-5-4-18(14-24(22)44-2)27(42)35-19-15-20(16-19)40-10-12-45-13-11-40/h4-7,14,17,19-20H,3,8-13,15-16H2,1-2H3,(H,35,42)(H2,34,36,37,38). The molecule has 0 spiro atoms. The van der Waals surface area contributed by atoms with Crippen molar-refractivity contribution in [3.8, 4) is 5.75 Å². The Balaban J connectivity index is 1.17. The number of aromatic nitrogens is 3. The summed E-state index contributed by atoms with van der Waals surface area (Å²) in [6.45, 7) is 6.65. The number of hydrogen-bond donors (Lipinski definition) is 3. The Morgan fingerprint density at radius 3 is 2.58 bits per heavy atom. The van der Waals surface area contributed by atoms with E-state index in [2.05, 4.69) is 30.8 Å². The van der Waals surface area contributed by atoms with Crippen molar-refractivity contribution in [3.63, 3.8) is 0 Å². The number of benzene rings is 1. The summed E-state index contributed by atoms with van der Waals surface area (Å²) in [6.07, 6.45) is -0.665. The van der Waals surface area contributed by atoms with Crippen LogP contribution in [0.5, 0.6) is 5.75 Å². The van der Waals surface area contributed by atoms with Crippen molar-refractivity contribution in [3.05, 3.63) is 53.5 Å². The van der Waals surface area contributed by atoms with Gasteiger partial charge in [-0.25, -0.2) is 4.98 Å². The lowest BCUT2D eigenvalue weighted by Gasteiger charge is -2.44. The normalized spacial score (nSPS) is 20.3. The average Bonchev–Trinajstić information content (AvgIpc) is 3.42. The van der Waals surface area contributed by atoms with E-state index in [1.165, 1.54) is 7.11 Å². The summed E-state index contributed by atoms with van der Waals surface area (Å²) in [5.41, 5.74) is 0.120. The molecule has 2 amide bonds. The molecule has 2 aromatic heterocycles. The Morgan fingerprint density at radius 2 is 1.87 bits per heavy atom. The number of fused-ring (bicyclic) bond motifs is 1. The van der Waals surface area contributed by atoms with Crippen molar-refractivity contribution in [1.82, 2.24) is 29.7 Å². The number of rotatable bonds is 9. The van der Waals surface area contributed by atoms with Crippen LogP contribution in [0.3, 0.4) is 0 Å². The van der Waals surface area contributed by atoms with Crippen LogP contribution < -0.4 is 20.7 Å². The van der Waals surface area contributed by atoms with E-state index in [0.717, 1.165) is 39.1 Å². The molecule has 1 saturated heterocycles. The van der Waals surface area contributed by atoms with E-state index in [1.807, 2.05) is 6.92 Å². The molecule has 6 rings (SSSR count). The number of halogens is 3. The lowest BCUT2D eigenvalue weighted by atomic mass is 9.85. The average molecular weight is 629 g/mol. The maximum atomic E-state index is 14.0. The second kappa shape index (κ2) is 12.6. The van der Waals surface area contributed by atoms with Crippen LogP contribution in [0.15, 0.2) is 36.7 Å². The summed E-state index contributed by atoms with van der Waals surface area (Å²) in [4.78, 5) is 38.0. The molecule has 3 aromatic rings. The minimum atomic E-state index is -4.75. The molecule has 12 nitrogen and oxygen atoms in total. The number of anilines is 4. The van der Waals surface area contributed by atoms with Crippen LogP contribution in [-0.4, -0.2) is 94.7 Å². The summed E-state index contributed by atoms with van der Waals surface area (Å²) in [6, 6.07) is 6.81. The topological polar surface area (TPSA) is 126 Å². The fourth-order valence-electron chi connectivity index (χ4n) is 5.92. The molecule has 1 aromatic carbocycles. The SMILES string of the molecule is CCN1CCn2ccc(Nc3nc(Nc4ccc(C(=O)NC5CC(N6CCOCC6)C5)cc4OC)ncc3C(F)(F)F)c2C1=O. The molecule has 45 heavy (non-hydrogen) atoms. The molecule has 2 aliphatic heterocycles. The number of amides is 2. The van der Waals surface area contributed by atoms with Gasteiger partial charge in [-0.05, 0) is 44.0 Å². The molecule has 0 radical (unpaired) electrons. The highest BCUT2D eigenvalue weighted by atomic mass is 19.4. The third-order valence-corrected chi connectivity index (χ3v) is 8.51. The molecule has 240 valence electrons. The van der Waals surface area contributed by atoms with Gasteiger partial charge < -0.3 is 34.9 Å². The predicted molar refractivity (Wildman–Crippen MR) is 159 cm³/mol. The van der Waals surface area contributed by atoms with Gasteiger partial charge in [-0.3, -0.25) is 14.5 Å². The fourth-order valence-corrected chi connectivity index (χ4v) is 5.92. The first kappa shape index (κ1) is 30.6. The van der Waals surface area contributed by atoms with Gasteiger partial charge in [0.2, 0.25) is 5.95 Å². The predicted octanol–water partition coefficient (Wildman–Crippen LogP) is 3.86. The molecular weight excluding hydrogens is 593 g/mol. The number of likely N-dealkylation sites (N-methyl/N-ethyl adjacent to an activating group) is 1. The maximum Gasteiger partial charge on any atom is 0.421 e. The highest BCUT2D eigenvalue weighted by Crippen LogP contribution is 2.37. The van der Waals surface area contributed by atoms with E-state index in [0.29, 0.717) is 43.1 Å². The quantitative estimate of drug-likeness (QED) is 0.324. The lowest BCUT2D eigenvalue weighted by molar-refractivity contribution is -0.137. The van der Waals surface area contributed by atoms with E-state index < -0.39 is 17.6 Å². The number of morpholine rings is 1. The fraction of sp³-hybridized carbons (Fsp3) is 0.467. The van der Waals surface area contributed by atoms with Gasteiger partial charge in [0.25, 0.3) is 11.8 Å². The molecular formula is C30H35F3N8O4. The van der Waals surface area contributed by atoms with Crippen molar-refractivity contribution >= 4 is 35.0 Å². The summed E-state index contributed by atoms with van der Waals surface area (Å²) in [5.74, 6) is -0.886. The number of carbonyl (C=O) groups is 2. The molecule has 2 fully saturated rings. The first-order valence-corrected chi connectivity index (χ1v) is 14.9. The van der Waals surface area contributed by atoms with E-state index in [-0.39, 0.29) is 40.9 Å². The van der Waals surface area contributed by atoms with Crippen LogP contribution >= 0.6 is 0 Å². The Labute approximate surface area is 257 Å². The number of nitrogens with zero attached hydrogens (tertiary/aromatic N) is 5. The van der Waals surface area contributed by atoms with Crippen LogP contribution in [0.4, 0.5) is 36.3 Å². The number of alkyl halides is 3. The van der Waals surface area contributed by atoms with E-state index >= 15 is 0 Å². The van der Waals surface area contributed by atoms with Crippen molar-refractivity contribution in [1.29, 1.82) is 0 Å². The van der Waals surface area contributed by atoms with Gasteiger partial charge in [-0.1, -0.05) is 0 Å². The van der Waals surface area contributed by atoms with Crippen LogP contribution in [0.25, 0.3) is 0 Å². The molecule has 3 N–H and O–H groups in total. The first-order valence-electron chi connectivity index (χ1n) is 14.9. The second-order valence-corrected chi connectivity index (χ2v) is 11.2. The molecule has 1 aliphatic carbocycles. The number of hydrogen-bond acceptors (Lipinski definition) is 9. The van der Waals surface area contributed by atoms with Gasteiger partial charge in [0, 0.05) is 62.8 Å². The van der Waals surface area contributed by atoms with E-state index in [9.17, 15) is 22.8 Å². The van der Waals surface area contributed by atoms with Crippen molar-refractivity contribution < 1.29 is 32.2 Å². The summed E-state index contributed by atoms with van der Waals surface area (Å²) in [7, 11) is 1.43. The molecule has 3 aliphatic rings. The van der Waals surface area contributed by atoms with Gasteiger partial charge in [0.1, 0.15) is 22.8 Å². The van der Waals surface area contributed by atoms with Gasteiger partial charge in [-0.15, -0.1) is 0 Å². The third-order valence-electron chi connectivity index (χ3n) is 8.51. The molecule has 0 atom stereocenters. The first-order chi connectivity index (χ1) is 21.6. The molecule has 15 heteroatoms. The Morgan fingerprint density at radius 1 is 1.09 bits per heavy atom. The highest BCUT2D eigenvalue weighted by molar-refractivity contribution is 5.99. The zero-order valence-corrected chi connectivity index (χ0v) is 25.0. The van der Waals surface area contributed by atoms with Crippen molar-refractivity contribution in [2.75, 3.05) is 57.1 Å². The molecule has 4 heterocycles. The van der Waals surface area contributed by atoms with E-state index in [1.54, 1.807) is 39.9 Å². The van der Waals surface area contributed by atoms with Crippen molar-refractivity contribution in [2.45, 2.75) is 44.6 Å². The smallest absolute Gasteiger partial charge is 0.421 e. The number of nitrogens with one attached hydrogen (secondary N) is 3. The lowest BCUT2D eigenvalue weighted by Crippen LogP contribution is -2.56. The van der Waals surface area contributed by atoms with Crippen LogP contribution in [0.2, 0.25) is 0 Å². The summed E-state index contributed by atoms with van der Waals surface area (Å²) >= 11 is 0. The molecule has 0 unspecified atom stereocenters. The molecule has 0 bridgehead atoms. The van der Waals surface area contributed by atoms with Crippen LogP contribution in [-0.2, 0) is 17.5 Å². The van der Waals surface area contributed by atoms with Gasteiger partial charge in [0.15, 0.2) is 0 Å². The van der Waals surface area contributed by atoms with Gasteiger partial charge in [-0.2, -0.15) is 18.2 Å². The second-order valence-electron chi connectivity index (χ2n) is 11.2.